The van der Waals surface area contributed by atoms with Crippen molar-refractivity contribution in [2.75, 3.05) is 0 Å². The van der Waals surface area contributed by atoms with Gasteiger partial charge in [0.05, 0.1) is 38.6 Å². The average Bonchev–Trinajstić information content (AvgIpc) is 3.89. The molecule has 4 nitrogen and oxygen atoms in total. The van der Waals surface area contributed by atoms with Crippen LogP contribution >= 0.6 is 0 Å². The fourth-order valence-electron chi connectivity index (χ4n) is 9.07. The molecule has 0 saturated heterocycles. The fourth-order valence-corrected chi connectivity index (χ4v) is 9.07. The summed E-state index contributed by atoms with van der Waals surface area (Å²) in [6.07, 6.45) is 1.89. The number of aromatic nitrogens is 4. The number of pyridine rings is 1. The molecule has 4 heteroatoms. The molecule has 0 bridgehead atoms. The van der Waals surface area contributed by atoms with Gasteiger partial charge in [-0.3, -0.25) is 4.98 Å². The number of fused-ring (bicyclic) bond motifs is 11. The van der Waals surface area contributed by atoms with E-state index in [2.05, 4.69) is 196 Å². The van der Waals surface area contributed by atoms with Gasteiger partial charge in [-0.2, -0.15) is 0 Å². The van der Waals surface area contributed by atoms with Crippen molar-refractivity contribution in [2.45, 2.75) is 0 Å². The van der Waals surface area contributed by atoms with E-state index in [1.54, 1.807) is 0 Å². The van der Waals surface area contributed by atoms with Gasteiger partial charge >= 0.3 is 0 Å². The highest BCUT2D eigenvalue weighted by Gasteiger charge is 2.19. The van der Waals surface area contributed by atoms with Crippen LogP contribution in [0.15, 0.2) is 194 Å². The lowest BCUT2D eigenvalue weighted by Crippen LogP contribution is -1.99. The summed E-state index contributed by atoms with van der Waals surface area (Å²) in [6.45, 7) is 0. The van der Waals surface area contributed by atoms with Gasteiger partial charge < -0.3 is 13.7 Å². The molecule has 256 valence electrons. The number of nitrogens with zero attached hydrogens (tertiary/aromatic N) is 4. The third-order valence-corrected chi connectivity index (χ3v) is 11.4. The van der Waals surface area contributed by atoms with Crippen molar-refractivity contribution < 1.29 is 0 Å². The SMILES string of the molecule is c1ccc(-n2c3ccccc3c3cc(-c4ccc5c(c4)c4ccccc4n5-c4cccc(-n5c6cccnc6c6ccc7ccccc7c65)c4)ccc32)cc1. The summed E-state index contributed by atoms with van der Waals surface area (Å²) in [7, 11) is 0. The highest BCUT2D eigenvalue weighted by molar-refractivity contribution is 6.17. The van der Waals surface area contributed by atoms with Crippen LogP contribution in [0.5, 0.6) is 0 Å². The van der Waals surface area contributed by atoms with Crippen molar-refractivity contribution in [3.8, 4) is 28.2 Å². The first-order valence-corrected chi connectivity index (χ1v) is 18.8. The molecule has 4 aromatic heterocycles. The zero-order valence-electron chi connectivity index (χ0n) is 29.8. The lowest BCUT2D eigenvalue weighted by Gasteiger charge is -2.13. The predicted molar refractivity (Wildman–Crippen MR) is 230 cm³/mol. The summed E-state index contributed by atoms with van der Waals surface area (Å²) in [5.41, 5.74) is 13.9. The van der Waals surface area contributed by atoms with Gasteiger partial charge in [-0.05, 0) is 101 Å². The van der Waals surface area contributed by atoms with E-state index in [-0.39, 0.29) is 0 Å². The van der Waals surface area contributed by atoms with Crippen LogP contribution in [0.1, 0.15) is 0 Å². The Morgan fingerprint density at radius 1 is 0.309 bits per heavy atom. The average molecular weight is 701 g/mol. The Labute approximate surface area is 316 Å². The van der Waals surface area contributed by atoms with E-state index in [1.165, 1.54) is 76.7 Å². The number of benzene rings is 8. The Kier molecular flexibility index (Phi) is 6.31. The Balaban J connectivity index is 1.05. The Hall–Kier alpha value is -7.43. The van der Waals surface area contributed by atoms with Gasteiger partial charge in [0.2, 0.25) is 0 Å². The molecule has 0 aliphatic carbocycles. The highest BCUT2D eigenvalue weighted by atomic mass is 15.0. The summed E-state index contributed by atoms with van der Waals surface area (Å²) in [5.74, 6) is 0. The van der Waals surface area contributed by atoms with Crippen molar-refractivity contribution in [3.05, 3.63) is 194 Å². The van der Waals surface area contributed by atoms with Crippen molar-refractivity contribution in [3.63, 3.8) is 0 Å². The van der Waals surface area contributed by atoms with Crippen molar-refractivity contribution >= 4 is 76.3 Å². The van der Waals surface area contributed by atoms with Crippen LogP contribution in [0, 0.1) is 0 Å². The van der Waals surface area contributed by atoms with Gasteiger partial charge in [0.15, 0.2) is 0 Å². The lowest BCUT2D eigenvalue weighted by atomic mass is 10.0. The van der Waals surface area contributed by atoms with E-state index in [0.717, 1.165) is 27.8 Å². The minimum absolute atomic E-state index is 1.01. The molecule has 0 amide bonds. The van der Waals surface area contributed by atoms with Crippen LogP contribution in [0.25, 0.3) is 105 Å². The standard InChI is InChI=1S/C51H32N4/c1-2-13-36(14-3-1)53-45-20-8-6-18-40(45)43-30-34(24-27-47(43)53)35-25-28-48-44(31-35)41-19-7-9-21-46(41)54(48)37-15-10-16-38(32-37)55-49-22-11-29-52-50(49)42-26-23-33-12-4-5-17-39(33)51(42)55/h1-32H. The smallest absolute Gasteiger partial charge is 0.0963 e. The first-order chi connectivity index (χ1) is 27.3. The maximum atomic E-state index is 4.87. The molecule has 8 aromatic carbocycles. The van der Waals surface area contributed by atoms with Crippen molar-refractivity contribution in [1.29, 1.82) is 0 Å². The third-order valence-electron chi connectivity index (χ3n) is 11.4. The van der Waals surface area contributed by atoms with E-state index in [1.807, 2.05) is 12.3 Å². The Bertz CT molecular complexity index is 3490. The molecule has 12 rings (SSSR count). The molecule has 4 heterocycles. The highest BCUT2D eigenvalue weighted by Crippen LogP contribution is 2.40. The van der Waals surface area contributed by atoms with Gasteiger partial charge in [0, 0.05) is 55.6 Å². The number of hydrogen-bond donors (Lipinski definition) is 0. The summed E-state index contributed by atoms with van der Waals surface area (Å²) >= 11 is 0. The normalized spacial score (nSPS) is 12.0. The van der Waals surface area contributed by atoms with E-state index in [0.29, 0.717) is 0 Å². The van der Waals surface area contributed by atoms with Crippen LogP contribution in [-0.4, -0.2) is 18.7 Å². The Morgan fingerprint density at radius 2 is 0.855 bits per heavy atom. The summed E-state index contributed by atoms with van der Waals surface area (Å²) in [6, 6.07) is 68.3. The molecule has 0 aliphatic rings. The van der Waals surface area contributed by atoms with Crippen molar-refractivity contribution in [2.24, 2.45) is 0 Å². The number of rotatable bonds is 4. The molecule has 0 unspecified atom stereocenters. The minimum Gasteiger partial charge on any atom is -0.309 e. The molecule has 0 N–H and O–H groups in total. The predicted octanol–water partition coefficient (Wildman–Crippen LogP) is 13.2. The topological polar surface area (TPSA) is 27.7 Å². The van der Waals surface area contributed by atoms with E-state index >= 15 is 0 Å². The second kappa shape index (κ2) is 11.5. The summed E-state index contributed by atoms with van der Waals surface area (Å²) < 4.78 is 7.18. The van der Waals surface area contributed by atoms with Gasteiger partial charge in [-0.25, -0.2) is 0 Å². The molecule has 55 heavy (non-hydrogen) atoms. The minimum atomic E-state index is 1.01. The maximum Gasteiger partial charge on any atom is 0.0963 e. The summed E-state index contributed by atoms with van der Waals surface area (Å²) in [5, 5.41) is 8.57. The molecular formula is C51H32N4. The molecule has 0 atom stereocenters. The molecule has 0 radical (unpaired) electrons. The molecule has 0 saturated carbocycles. The number of para-hydroxylation sites is 3. The first kappa shape index (κ1) is 30.1. The quantitative estimate of drug-likeness (QED) is 0.180. The van der Waals surface area contributed by atoms with Crippen molar-refractivity contribution in [1.82, 2.24) is 18.7 Å². The zero-order valence-corrected chi connectivity index (χ0v) is 29.8. The van der Waals surface area contributed by atoms with Crippen LogP contribution in [0.4, 0.5) is 0 Å². The number of hydrogen-bond acceptors (Lipinski definition) is 1. The van der Waals surface area contributed by atoms with Crippen LogP contribution in [0.3, 0.4) is 0 Å². The van der Waals surface area contributed by atoms with E-state index in [4.69, 9.17) is 4.98 Å². The van der Waals surface area contributed by atoms with Crippen LogP contribution < -0.4 is 0 Å². The van der Waals surface area contributed by atoms with Crippen LogP contribution in [0.2, 0.25) is 0 Å². The molecule has 0 aliphatic heterocycles. The van der Waals surface area contributed by atoms with Gasteiger partial charge in [0.1, 0.15) is 0 Å². The molecular weight excluding hydrogens is 669 g/mol. The first-order valence-electron chi connectivity index (χ1n) is 18.8. The van der Waals surface area contributed by atoms with Crippen LogP contribution in [-0.2, 0) is 0 Å². The second-order valence-electron chi connectivity index (χ2n) is 14.4. The molecule has 0 spiro atoms. The third kappa shape index (κ3) is 4.37. The Morgan fingerprint density at radius 3 is 1.56 bits per heavy atom. The summed E-state index contributed by atoms with van der Waals surface area (Å²) in [4.78, 5) is 4.87. The fraction of sp³-hybridized carbons (Fsp3) is 0. The lowest BCUT2D eigenvalue weighted by molar-refractivity contribution is 1.13. The van der Waals surface area contributed by atoms with Gasteiger partial charge in [-0.1, -0.05) is 103 Å². The van der Waals surface area contributed by atoms with E-state index in [9.17, 15) is 0 Å². The largest absolute Gasteiger partial charge is 0.309 e. The van der Waals surface area contributed by atoms with E-state index < -0.39 is 0 Å². The molecule has 12 aromatic rings. The molecule has 0 fully saturated rings. The van der Waals surface area contributed by atoms with Gasteiger partial charge in [0.25, 0.3) is 0 Å². The van der Waals surface area contributed by atoms with Gasteiger partial charge in [-0.15, -0.1) is 0 Å². The second-order valence-corrected chi connectivity index (χ2v) is 14.4. The monoisotopic (exact) mass is 700 g/mol. The zero-order chi connectivity index (χ0) is 36.0. The maximum absolute atomic E-state index is 4.87.